The van der Waals surface area contributed by atoms with Gasteiger partial charge >= 0.3 is 18.2 Å². The van der Waals surface area contributed by atoms with Gasteiger partial charge in [-0.2, -0.15) is 18.4 Å². The van der Waals surface area contributed by atoms with Crippen LogP contribution in [0.25, 0.3) is 11.1 Å². The Balaban J connectivity index is 0.000000646. The van der Waals surface area contributed by atoms with Crippen LogP contribution in [0, 0.1) is 11.3 Å². The third-order valence-electron chi connectivity index (χ3n) is 6.20. The molecule has 0 spiro atoms. The van der Waals surface area contributed by atoms with E-state index in [1.165, 1.54) is 4.90 Å². The second-order valence-electron chi connectivity index (χ2n) is 9.09. The molecule has 3 aromatic carbocycles. The number of halogens is 3. The van der Waals surface area contributed by atoms with Crippen molar-refractivity contribution in [2.24, 2.45) is 10.9 Å². The molecule has 0 bridgehead atoms. The first-order valence-electron chi connectivity index (χ1n) is 12.7. The summed E-state index contributed by atoms with van der Waals surface area (Å²) < 4.78 is 36.9. The van der Waals surface area contributed by atoms with Crippen LogP contribution in [-0.4, -0.2) is 64.4 Å². The van der Waals surface area contributed by atoms with Crippen LogP contribution in [-0.2, 0) is 20.7 Å². The number of nitrogens with two attached hydrogens (primary N) is 1. The van der Waals surface area contributed by atoms with Gasteiger partial charge in [-0.3, -0.25) is 9.69 Å². The number of amidine groups is 1. The molecule has 0 aliphatic carbocycles. The fourth-order valence-corrected chi connectivity index (χ4v) is 4.13. The number of oxime groups is 1. The summed E-state index contributed by atoms with van der Waals surface area (Å²) in [6.07, 6.45) is -4.80. The van der Waals surface area contributed by atoms with Crippen molar-refractivity contribution in [3.8, 4) is 17.2 Å². The summed E-state index contributed by atoms with van der Waals surface area (Å²) in [7, 11) is 0. The smallest absolute Gasteiger partial charge is 0.475 e. The lowest BCUT2D eigenvalue weighted by Gasteiger charge is -2.33. The van der Waals surface area contributed by atoms with Crippen molar-refractivity contribution in [2.45, 2.75) is 25.1 Å². The molecule has 1 unspecified atom stereocenters. The first-order valence-corrected chi connectivity index (χ1v) is 12.7. The minimum atomic E-state index is -5.08. The fraction of sp³-hybridized carbons (Fsp3) is 0.207. The van der Waals surface area contributed by atoms with Crippen LogP contribution in [0.5, 0.6) is 0 Å². The molecule has 1 fully saturated rings. The van der Waals surface area contributed by atoms with Gasteiger partial charge in [-0.15, -0.1) is 0 Å². The number of alkyl halides is 3. The molecule has 1 saturated heterocycles. The molecule has 1 aliphatic heterocycles. The van der Waals surface area contributed by atoms with Gasteiger partial charge in [0, 0.05) is 24.2 Å². The summed E-state index contributed by atoms with van der Waals surface area (Å²) in [5.74, 6) is -3.17. The van der Waals surface area contributed by atoms with E-state index in [2.05, 4.69) is 16.5 Å². The van der Waals surface area contributed by atoms with Crippen molar-refractivity contribution < 1.29 is 42.6 Å². The molecule has 0 radical (unpaired) electrons. The number of ether oxygens (including phenoxy) is 1. The highest BCUT2D eigenvalue weighted by Crippen LogP contribution is 2.25. The van der Waals surface area contributed by atoms with Crippen LogP contribution in [0.2, 0.25) is 0 Å². The third kappa shape index (κ3) is 8.70. The molecular weight excluding hydrogens is 571 g/mol. The summed E-state index contributed by atoms with van der Waals surface area (Å²) in [5, 5.41) is 31.4. The number of aliphatic carboxylic acids is 1. The maximum absolute atomic E-state index is 13.4. The Kier molecular flexibility index (Phi) is 10.7. The van der Waals surface area contributed by atoms with Gasteiger partial charge in [0.05, 0.1) is 18.2 Å². The molecule has 2 amide bonds. The van der Waals surface area contributed by atoms with Crippen LogP contribution in [0.15, 0.2) is 78.0 Å². The van der Waals surface area contributed by atoms with Crippen molar-refractivity contribution in [1.29, 1.82) is 5.26 Å². The van der Waals surface area contributed by atoms with Crippen LogP contribution in [0.1, 0.15) is 23.1 Å². The van der Waals surface area contributed by atoms with Gasteiger partial charge in [0.25, 0.3) is 0 Å². The lowest BCUT2D eigenvalue weighted by atomic mass is 9.99. The van der Waals surface area contributed by atoms with Crippen LogP contribution in [0.4, 0.5) is 23.7 Å². The number of nitrogens with zero attached hydrogens (tertiary/aromatic N) is 3. The summed E-state index contributed by atoms with van der Waals surface area (Å²) in [5.41, 5.74) is 9.72. The van der Waals surface area contributed by atoms with E-state index in [1.54, 1.807) is 36.4 Å². The number of nitrogens with one attached hydrogen (secondary N) is 1. The zero-order valence-corrected chi connectivity index (χ0v) is 22.4. The predicted molar refractivity (Wildman–Crippen MR) is 148 cm³/mol. The highest BCUT2D eigenvalue weighted by molar-refractivity contribution is 5.98. The average molecular weight is 598 g/mol. The molecule has 5 N–H and O–H groups in total. The Morgan fingerprint density at radius 2 is 1.79 bits per heavy atom. The molecule has 224 valence electrons. The highest BCUT2D eigenvalue weighted by Gasteiger charge is 2.38. The lowest BCUT2D eigenvalue weighted by Crippen LogP contribution is -2.51. The van der Waals surface area contributed by atoms with E-state index in [-0.39, 0.29) is 18.2 Å². The summed E-state index contributed by atoms with van der Waals surface area (Å²) in [6, 6.07) is 22.8. The van der Waals surface area contributed by atoms with Crippen molar-refractivity contribution in [3.63, 3.8) is 0 Å². The van der Waals surface area contributed by atoms with Crippen LogP contribution in [0.3, 0.4) is 0 Å². The van der Waals surface area contributed by atoms with Gasteiger partial charge in [-0.25, -0.2) is 9.59 Å². The minimum absolute atomic E-state index is 0.0479. The summed E-state index contributed by atoms with van der Waals surface area (Å²) in [6.45, 7) is 0.703. The van der Waals surface area contributed by atoms with Crippen molar-refractivity contribution in [1.82, 2.24) is 4.90 Å². The van der Waals surface area contributed by atoms with Gasteiger partial charge in [0.1, 0.15) is 6.04 Å². The van der Waals surface area contributed by atoms with E-state index in [4.69, 9.17) is 25.6 Å². The number of hydrogen-bond donors (Lipinski definition) is 4. The fourth-order valence-electron chi connectivity index (χ4n) is 4.13. The Morgan fingerprint density at radius 3 is 2.40 bits per heavy atom. The molecule has 11 nitrogen and oxygen atoms in total. The summed E-state index contributed by atoms with van der Waals surface area (Å²) >= 11 is 0. The number of amides is 2. The Hall–Kier alpha value is -5.58. The number of carboxylic acid groups (broad SMARTS) is 1. The second-order valence-corrected chi connectivity index (χ2v) is 9.09. The van der Waals surface area contributed by atoms with Gasteiger partial charge in [-0.1, -0.05) is 53.7 Å². The molecule has 14 heteroatoms. The molecule has 1 heterocycles. The third-order valence-corrected chi connectivity index (χ3v) is 6.20. The Bertz CT molecular complexity index is 1540. The Morgan fingerprint density at radius 1 is 1.12 bits per heavy atom. The van der Waals surface area contributed by atoms with Crippen molar-refractivity contribution in [2.75, 3.05) is 18.5 Å². The van der Waals surface area contributed by atoms with Gasteiger partial charge in [0.2, 0.25) is 5.91 Å². The van der Waals surface area contributed by atoms with E-state index in [9.17, 15) is 28.0 Å². The van der Waals surface area contributed by atoms with Gasteiger partial charge < -0.3 is 26.1 Å². The number of nitriles is 1. The first kappa shape index (κ1) is 31.9. The van der Waals surface area contributed by atoms with Gasteiger partial charge in [0.15, 0.2) is 5.84 Å². The topological polar surface area (TPSA) is 178 Å². The van der Waals surface area contributed by atoms with E-state index < -0.39 is 24.3 Å². The number of carbonyl (C=O) groups is 3. The monoisotopic (exact) mass is 597 g/mol. The van der Waals surface area contributed by atoms with Crippen molar-refractivity contribution in [3.05, 3.63) is 89.5 Å². The number of carbonyl (C=O) groups excluding carboxylic acids is 2. The molecule has 43 heavy (non-hydrogen) atoms. The van der Waals surface area contributed by atoms with Crippen LogP contribution < -0.4 is 11.1 Å². The molecule has 1 atom stereocenters. The second kappa shape index (κ2) is 14.4. The van der Waals surface area contributed by atoms with Crippen molar-refractivity contribution >= 4 is 29.5 Å². The first-order chi connectivity index (χ1) is 20.4. The largest absolute Gasteiger partial charge is 0.490 e. The van der Waals surface area contributed by atoms with E-state index in [1.807, 2.05) is 36.4 Å². The Labute approximate surface area is 243 Å². The number of hydrogen-bond acceptors (Lipinski definition) is 7. The molecular formula is C29H26F3N5O6. The van der Waals surface area contributed by atoms with E-state index >= 15 is 0 Å². The molecule has 3 aromatic rings. The highest BCUT2D eigenvalue weighted by atomic mass is 19.4. The lowest BCUT2D eigenvalue weighted by molar-refractivity contribution is -0.192. The molecule has 4 rings (SSSR count). The normalized spacial score (nSPS) is 14.0. The molecule has 1 aliphatic rings. The molecule has 0 aromatic heterocycles. The standard InChI is InChI=1S/C27H25N5O4.C2HF3O2/c28-17-21-6-1-2-8-23(21)19-9-11-22(12-10-19)30-26(33)24(32-13-4-14-36-27(32)34)16-18-5-3-7-20(15-18)25(29)31-35;3-2(4,5)1(6)7/h1-3,5-12,15,24,35H,4,13-14,16H2,(H2,29,31)(H,30,33);(H,6,7). The number of cyclic esters (lactones) is 1. The number of benzene rings is 3. The maximum atomic E-state index is 13.4. The number of anilines is 1. The quantitative estimate of drug-likeness (QED) is 0.134. The summed E-state index contributed by atoms with van der Waals surface area (Å²) in [4.78, 5) is 36.2. The molecule has 0 saturated carbocycles. The predicted octanol–water partition coefficient (Wildman–Crippen LogP) is 4.35. The van der Waals surface area contributed by atoms with E-state index in [0.717, 1.165) is 16.7 Å². The zero-order valence-electron chi connectivity index (χ0n) is 22.4. The minimum Gasteiger partial charge on any atom is -0.475 e. The SMILES string of the molecule is N#Cc1ccccc1-c1ccc(NC(=O)C(Cc2cccc(/C(N)=N/O)c2)N2CCCOC2=O)cc1.O=C(O)C(F)(F)F. The zero-order chi connectivity index (χ0) is 31.6. The average Bonchev–Trinajstić information content (AvgIpc) is 3.00. The maximum Gasteiger partial charge on any atom is 0.490 e. The van der Waals surface area contributed by atoms with Crippen LogP contribution >= 0.6 is 0 Å². The van der Waals surface area contributed by atoms with E-state index in [0.29, 0.717) is 36.4 Å². The number of rotatable bonds is 7. The van der Waals surface area contributed by atoms with Gasteiger partial charge in [-0.05, 0) is 47.4 Å². The number of carboxylic acids is 1.